The van der Waals surface area contributed by atoms with Crippen LogP contribution in [0, 0.1) is 0 Å². The zero-order valence-electron chi connectivity index (χ0n) is 47.0. The Balaban J connectivity index is 0.0000109. The maximum Gasteiger partial charge on any atom is 1.00 e. The maximum absolute atomic E-state index is 12.8. The van der Waals surface area contributed by atoms with Crippen molar-refractivity contribution in [1.82, 2.24) is 9.71 Å². The standard InChI is InChI=1S/C54H42N10O21S6.Na/c1-83-49-27-39(57-55-37-5-3-7-45(25-37)86(65,66)67)19-23-47(49)61-59-41-17-13-33(51(29-41)88(71,72)73)9-11-35-15-21-43(31-53(35)90(77,78)79)63-64(85-63)44-22-16-36(54(32-44)91(80,81)82)12-10-34-14-18-42(30-52(34)89(74,75)76)60-62-48-24-20-40(28-50(48)84-2)58-56-38-6-4-8-46(26-38)87(68,69)70;/h3-32H,1-2H3,(H,65,66,67)(H,68,69,70)(H,71,72,73)(H,74,75,76)(H,77,78,79)(H,80,81,82);/q;+1/p-1/b11-9+,12-10+,57-55?,58-56?,61-59?,62-60?;. The molecule has 38 heteroatoms. The van der Waals surface area contributed by atoms with Gasteiger partial charge in [0.15, 0.2) is 0 Å². The van der Waals surface area contributed by atoms with Gasteiger partial charge in [0.1, 0.15) is 63.9 Å². The first-order valence-corrected chi connectivity index (χ1v) is 33.6. The van der Waals surface area contributed by atoms with E-state index in [9.17, 15) is 77.8 Å². The summed E-state index contributed by atoms with van der Waals surface area (Å²) in [6.07, 6.45) is 4.44. The monoisotopic (exact) mass is 1380 g/mol. The van der Waals surface area contributed by atoms with Crippen molar-refractivity contribution in [1.29, 1.82) is 0 Å². The summed E-state index contributed by atoms with van der Waals surface area (Å²) in [5.74, 6) is 0.239. The van der Waals surface area contributed by atoms with Gasteiger partial charge >= 0.3 is 29.6 Å². The molecule has 470 valence electrons. The second kappa shape index (κ2) is 27.5. The summed E-state index contributed by atoms with van der Waals surface area (Å²) in [5.41, 5.74) is -0.236. The minimum atomic E-state index is -5.07. The average Bonchev–Trinajstić information content (AvgIpc) is 1.70. The van der Waals surface area contributed by atoms with Crippen LogP contribution < -0.4 is 39.0 Å². The molecule has 9 aromatic rings. The number of methoxy groups -OCH3 is 2. The van der Waals surface area contributed by atoms with Gasteiger partial charge in [-0.3, -0.25) is 22.8 Å². The predicted octanol–water partition coefficient (Wildman–Crippen LogP) is 9.02. The van der Waals surface area contributed by atoms with E-state index in [2.05, 4.69) is 40.9 Å². The summed E-state index contributed by atoms with van der Waals surface area (Å²) in [7, 11) is -26.8. The molecule has 8 aromatic carbocycles. The van der Waals surface area contributed by atoms with Crippen molar-refractivity contribution in [3.8, 4) is 22.9 Å². The second-order valence-electron chi connectivity index (χ2n) is 18.5. The molecule has 9 rings (SSSR count). The molecule has 0 fully saturated rings. The third kappa shape index (κ3) is 17.4. The van der Waals surface area contributed by atoms with Gasteiger partial charge in [-0.1, -0.05) is 70.4 Å². The van der Waals surface area contributed by atoms with Crippen LogP contribution in [0.2, 0.25) is 0 Å². The van der Waals surface area contributed by atoms with Crippen molar-refractivity contribution in [2.45, 2.75) is 29.4 Å². The minimum absolute atomic E-state index is 0. The molecule has 5 N–H and O–H groups in total. The van der Waals surface area contributed by atoms with E-state index >= 15 is 0 Å². The Hall–Kier alpha value is -8.90. The quantitative estimate of drug-likeness (QED) is 0.0183. The van der Waals surface area contributed by atoms with Gasteiger partial charge in [0.2, 0.25) is 0 Å². The molecule has 0 unspecified atom stereocenters. The van der Waals surface area contributed by atoms with E-state index in [1.807, 2.05) is 0 Å². The molecule has 0 aliphatic carbocycles. The number of hydrogen-bond donors (Lipinski definition) is 5. The third-order valence-corrected chi connectivity index (χ3v) is 17.7. The van der Waals surface area contributed by atoms with Crippen LogP contribution in [-0.2, 0) is 60.7 Å². The first kappa shape index (κ1) is 69.0. The molecule has 0 bridgehead atoms. The largest absolute Gasteiger partial charge is 1.00 e. The van der Waals surface area contributed by atoms with E-state index in [1.54, 1.807) is 0 Å². The van der Waals surface area contributed by atoms with Crippen LogP contribution in [0.1, 0.15) is 22.3 Å². The van der Waals surface area contributed by atoms with Crippen LogP contribution in [0.25, 0.3) is 35.7 Å². The predicted molar refractivity (Wildman–Crippen MR) is 321 cm³/mol. The Bertz CT molecular complexity index is 4970. The SMILES string of the molecule is COc1cc(N=Nc2cccc(S(=O)(=O)[O-])c2)ccc1N=Nc1ccc(/C=C/c2ccc(-n3on3-c3ccc(/C=C/c4ccc(N=Nc5ccc(N=Nc6cccc(S(=O)(=O)O)c6)cc5OC)cc4S(=O)(=O)O)c(S(=O)(=O)O)c3)cc2S(=O)(=O)O)c(S(=O)(=O)O)c1.[Na+]. The third-order valence-electron chi connectivity index (χ3n) is 12.4. The molecule has 1 aromatic heterocycles. The molecule has 0 spiro atoms. The summed E-state index contributed by atoms with van der Waals surface area (Å²) >= 11 is 0. The van der Waals surface area contributed by atoms with Gasteiger partial charge in [-0.2, -0.15) is 72.8 Å². The Kier molecular flexibility index (Phi) is 20.6. The van der Waals surface area contributed by atoms with Crippen LogP contribution in [0.3, 0.4) is 0 Å². The molecule has 0 saturated carbocycles. The summed E-state index contributed by atoms with van der Waals surface area (Å²) in [5, 5.41) is 32.2. The van der Waals surface area contributed by atoms with E-state index in [-0.39, 0.29) is 120 Å². The Morgan fingerprint density at radius 1 is 0.370 bits per heavy atom. The van der Waals surface area contributed by atoms with Gasteiger partial charge in [-0.15, -0.1) is 10.2 Å². The van der Waals surface area contributed by atoms with Crippen LogP contribution in [0.5, 0.6) is 11.5 Å². The molecule has 0 aliphatic rings. The summed E-state index contributed by atoms with van der Waals surface area (Å²) in [4.78, 5) is -1.86. The van der Waals surface area contributed by atoms with E-state index in [0.717, 1.165) is 76.5 Å². The topological polar surface area (TPSA) is 469 Å². The summed E-state index contributed by atoms with van der Waals surface area (Å²) in [6, 6.07) is 32.3. The maximum atomic E-state index is 12.8. The van der Waals surface area contributed by atoms with Gasteiger partial charge in [-0.05, 0) is 131 Å². The molecular formula is C54H41N10NaO21S6. The summed E-state index contributed by atoms with van der Waals surface area (Å²) < 4.78 is 225. The van der Waals surface area contributed by atoms with Crippen LogP contribution in [0.15, 0.2) is 233 Å². The summed E-state index contributed by atoms with van der Waals surface area (Å²) in [6.45, 7) is 0. The van der Waals surface area contributed by atoms with Crippen LogP contribution >= 0.6 is 0 Å². The molecular weight excluding hydrogens is 1340 g/mol. The number of benzene rings is 8. The smallest absolute Gasteiger partial charge is 0.744 e. The number of nitrogens with zero attached hydrogens (tertiary/aromatic N) is 10. The second-order valence-corrected chi connectivity index (χ2v) is 26.9. The first-order chi connectivity index (χ1) is 42.7. The van der Waals surface area contributed by atoms with Crippen LogP contribution in [-0.4, -0.2) is 102 Å². The van der Waals surface area contributed by atoms with Crippen molar-refractivity contribution in [2.24, 2.45) is 40.9 Å². The number of ether oxygens (including phenoxy) is 2. The zero-order valence-corrected chi connectivity index (χ0v) is 53.9. The average molecular weight is 1380 g/mol. The van der Waals surface area contributed by atoms with Crippen molar-refractivity contribution in [2.75, 3.05) is 14.2 Å². The van der Waals surface area contributed by atoms with E-state index < -0.39 is 90.1 Å². The van der Waals surface area contributed by atoms with Gasteiger partial charge in [0.05, 0.1) is 58.1 Å². The first-order valence-electron chi connectivity index (χ1n) is 25.0. The number of hydrogen-bond acceptors (Lipinski definition) is 24. The van der Waals surface area contributed by atoms with Crippen molar-refractivity contribution in [3.05, 3.63) is 180 Å². The van der Waals surface area contributed by atoms with Gasteiger partial charge in [-0.25, -0.2) is 13.0 Å². The van der Waals surface area contributed by atoms with E-state index in [0.29, 0.717) is 0 Å². The molecule has 0 aliphatic heterocycles. The fraction of sp³-hybridized carbons (Fsp3) is 0.0370. The minimum Gasteiger partial charge on any atom is -0.744 e. The Labute approximate surface area is 544 Å². The Morgan fingerprint density at radius 2 is 0.674 bits per heavy atom. The van der Waals surface area contributed by atoms with Crippen molar-refractivity contribution >= 4 is 131 Å². The number of azo groups is 4. The van der Waals surface area contributed by atoms with Gasteiger partial charge in [0.25, 0.3) is 50.6 Å². The molecule has 0 amide bonds. The molecule has 31 nitrogen and oxygen atoms in total. The molecule has 1 heterocycles. The molecule has 0 radical (unpaired) electrons. The van der Waals surface area contributed by atoms with Gasteiger partial charge < -0.3 is 14.0 Å². The van der Waals surface area contributed by atoms with E-state index in [4.69, 9.17) is 14.1 Å². The zero-order chi connectivity index (χ0) is 65.8. The fourth-order valence-corrected chi connectivity index (χ4v) is 11.9. The van der Waals surface area contributed by atoms with Crippen molar-refractivity contribution in [3.63, 3.8) is 0 Å². The van der Waals surface area contributed by atoms with Crippen molar-refractivity contribution < 1.29 is 121 Å². The number of aromatic nitrogens is 2. The fourth-order valence-electron chi connectivity index (χ4n) is 8.10. The van der Waals surface area contributed by atoms with Gasteiger partial charge in [0, 0.05) is 12.1 Å². The molecule has 0 atom stereocenters. The molecule has 92 heavy (non-hydrogen) atoms. The normalized spacial score (nSPS) is 13.0. The number of rotatable bonds is 22. The molecule has 0 saturated heterocycles. The Morgan fingerprint density at radius 3 is 1.02 bits per heavy atom. The van der Waals surface area contributed by atoms with Crippen LogP contribution in [0.4, 0.5) is 45.5 Å². The van der Waals surface area contributed by atoms with E-state index in [1.165, 1.54) is 129 Å².